The Bertz CT molecular complexity index is 391. The van der Waals surface area contributed by atoms with Gasteiger partial charge in [0, 0.05) is 6.20 Å². The van der Waals surface area contributed by atoms with Crippen LogP contribution in [0.2, 0.25) is 0 Å². The number of aromatic nitrogens is 1. The van der Waals surface area contributed by atoms with Crippen LogP contribution in [0.4, 0.5) is 5.82 Å². The molecule has 1 N–H and O–H groups in total. The Labute approximate surface area is 93.8 Å². The SMILES string of the molecule is CCOC(=O)CC(=O)Nc1cc(C)ccn1. The van der Waals surface area contributed by atoms with Gasteiger partial charge in [0.25, 0.3) is 0 Å². The van der Waals surface area contributed by atoms with E-state index in [4.69, 9.17) is 0 Å². The molecule has 0 aliphatic carbocycles. The molecule has 1 heterocycles. The van der Waals surface area contributed by atoms with Gasteiger partial charge in [0.15, 0.2) is 0 Å². The molecule has 1 aromatic heterocycles. The van der Waals surface area contributed by atoms with Gasteiger partial charge in [-0.15, -0.1) is 0 Å². The number of hydrogen-bond donors (Lipinski definition) is 1. The first-order valence-electron chi connectivity index (χ1n) is 5.00. The fourth-order valence-corrected chi connectivity index (χ4v) is 1.13. The lowest BCUT2D eigenvalue weighted by Gasteiger charge is -2.04. The van der Waals surface area contributed by atoms with Gasteiger partial charge in [-0.05, 0) is 31.5 Å². The molecule has 0 aliphatic rings. The second-order valence-electron chi connectivity index (χ2n) is 3.25. The Balaban J connectivity index is 2.48. The summed E-state index contributed by atoms with van der Waals surface area (Å²) in [7, 11) is 0. The molecule has 0 fully saturated rings. The third kappa shape index (κ3) is 4.08. The Morgan fingerprint density at radius 1 is 1.50 bits per heavy atom. The van der Waals surface area contributed by atoms with Gasteiger partial charge >= 0.3 is 5.97 Å². The molecule has 86 valence electrons. The molecular weight excluding hydrogens is 208 g/mol. The number of nitrogens with one attached hydrogen (secondary N) is 1. The summed E-state index contributed by atoms with van der Waals surface area (Å²) in [6.45, 7) is 3.86. The standard InChI is InChI=1S/C11H14N2O3/c1-3-16-11(15)7-10(14)13-9-6-8(2)4-5-12-9/h4-6H,3,7H2,1-2H3,(H,12,13,14). The number of carbonyl (C=O) groups excluding carboxylic acids is 2. The number of hydrogen-bond acceptors (Lipinski definition) is 4. The molecule has 0 atom stereocenters. The van der Waals surface area contributed by atoms with Gasteiger partial charge in [0.05, 0.1) is 6.61 Å². The molecule has 0 aromatic carbocycles. The van der Waals surface area contributed by atoms with Crippen LogP contribution in [0, 0.1) is 6.92 Å². The molecule has 0 bridgehead atoms. The number of nitrogens with zero attached hydrogens (tertiary/aromatic N) is 1. The van der Waals surface area contributed by atoms with Crippen molar-refractivity contribution in [2.24, 2.45) is 0 Å². The first kappa shape index (κ1) is 12.2. The summed E-state index contributed by atoms with van der Waals surface area (Å²) >= 11 is 0. The Morgan fingerprint density at radius 2 is 2.25 bits per heavy atom. The van der Waals surface area contributed by atoms with Gasteiger partial charge in [-0.25, -0.2) is 4.98 Å². The molecule has 0 aliphatic heterocycles. The zero-order valence-electron chi connectivity index (χ0n) is 9.32. The molecule has 5 nitrogen and oxygen atoms in total. The van der Waals surface area contributed by atoms with E-state index in [1.165, 1.54) is 0 Å². The third-order valence-corrected chi connectivity index (χ3v) is 1.79. The molecule has 0 radical (unpaired) electrons. The average Bonchev–Trinajstić information content (AvgIpc) is 2.17. The maximum absolute atomic E-state index is 11.4. The predicted octanol–water partition coefficient (Wildman–Crippen LogP) is 1.28. The lowest BCUT2D eigenvalue weighted by Crippen LogP contribution is -2.18. The Morgan fingerprint density at radius 3 is 2.88 bits per heavy atom. The van der Waals surface area contributed by atoms with Crippen LogP contribution in [0.1, 0.15) is 18.9 Å². The summed E-state index contributed by atoms with van der Waals surface area (Å²) in [5.74, 6) is -0.515. The van der Waals surface area contributed by atoms with Crippen molar-refractivity contribution in [1.82, 2.24) is 4.98 Å². The van der Waals surface area contributed by atoms with E-state index in [0.29, 0.717) is 5.82 Å². The first-order valence-corrected chi connectivity index (χ1v) is 5.00. The maximum atomic E-state index is 11.4. The van der Waals surface area contributed by atoms with Crippen molar-refractivity contribution in [3.63, 3.8) is 0 Å². The fraction of sp³-hybridized carbons (Fsp3) is 0.364. The van der Waals surface area contributed by atoms with Crippen molar-refractivity contribution < 1.29 is 14.3 Å². The molecule has 0 spiro atoms. The lowest BCUT2D eigenvalue weighted by molar-refractivity contribution is -0.145. The normalized spacial score (nSPS) is 9.62. The number of anilines is 1. The van der Waals surface area contributed by atoms with E-state index in [0.717, 1.165) is 5.56 Å². The topological polar surface area (TPSA) is 68.3 Å². The van der Waals surface area contributed by atoms with Crippen molar-refractivity contribution in [2.45, 2.75) is 20.3 Å². The number of pyridine rings is 1. The predicted molar refractivity (Wildman–Crippen MR) is 58.9 cm³/mol. The quantitative estimate of drug-likeness (QED) is 0.615. The third-order valence-electron chi connectivity index (χ3n) is 1.79. The van der Waals surface area contributed by atoms with Crippen molar-refractivity contribution in [2.75, 3.05) is 11.9 Å². The van der Waals surface area contributed by atoms with E-state index in [-0.39, 0.29) is 13.0 Å². The summed E-state index contributed by atoms with van der Waals surface area (Å²) in [5, 5.41) is 2.52. The van der Waals surface area contributed by atoms with Crippen LogP contribution in [0.15, 0.2) is 18.3 Å². The summed E-state index contributed by atoms with van der Waals surface area (Å²) < 4.78 is 4.65. The van der Waals surface area contributed by atoms with Crippen LogP contribution in [0.25, 0.3) is 0 Å². The zero-order chi connectivity index (χ0) is 12.0. The fourth-order valence-electron chi connectivity index (χ4n) is 1.13. The van der Waals surface area contributed by atoms with E-state index in [9.17, 15) is 9.59 Å². The van der Waals surface area contributed by atoms with Crippen LogP contribution in [-0.4, -0.2) is 23.5 Å². The number of amides is 1. The molecule has 0 unspecified atom stereocenters. The van der Waals surface area contributed by atoms with Crippen LogP contribution < -0.4 is 5.32 Å². The highest BCUT2D eigenvalue weighted by atomic mass is 16.5. The molecule has 1 aromatic rings. The molecule has 1 amide bonds. The smallest absolute Gasteiger partial charge is 0.315 e. The summed E-state index contributed by atoms with van der Waals surface area (Å²) in [4.78, 5) is 26.3. The van der Waals surface area contributed by atoms with Crippen LogP contribution in [0.3, 0.4) is 0 Å². The van der Waals surface area contributed by atoms with Crippen LogP contribution in [-0.2, 0) is 14.3 Å². The summed E-state index contributed by atoms with van der Waals surface area (Å²) in [6, 6.07) is 3.55. The van der Waals surface area contributed by atoms with E-state index < -0.39 is 11.9 Å². The van der Waals surface area contributed by atoms with Gasteiger partial charge in [-0.1, -0.05) is 0 Å². The number of carbonyl (C=O) groups is 2. The molecule has 5 heteroatoms. The highest BCUT2D eigenvalue weighted by Crippen LogP contribution is 2.05. The first-order chi connectivity index (χ1) is 7.61. The minimum atomic E-state index is -0.535. The molecule has 1 rings (SSSR count). The van der Waals surface area contributed by atoms with Crippen LogP contribution >= 0.6 is 0 Å². The van der Waals surface area contributed by atoms with E-state index in [1.54, 1.807) is 19.2 Å². The second-order valence-corrected chi connectivity index (χ2v) is 3.25. The molecule has 0 saturated carbocycles. The molecule has 16 heavy (non-hydrogen) atoms. The van der Waals surface area contributed by atoms with Gasteiger partial charge in [0.2, 0.25) is 5.91 Å². The van der Waals surface area contributed by atoms with Crippen molar-refractivity contribution >= 4 is 17.7 Å². The average molecular weight is 222 g/mol. The molecular formula is C11H14N2O3. The second kappa shape index (κ2) is 5.85. The zero-order valence-corrected chi connectivity index (χ0v) is 9.32. The number of esters is 1. The van der Waals surface area contributed by atoms with Crippen molar-refractivity contribution in [1.29, 1.82) is 0 Å². The minimum absolute atomic E-state index is 0.273. The lowest BCUT2D eigenvalue weighted by atomic mass is 10.3. The van der Waals surface area contributed by atoms with Gasteiger partial charge in [-0.2, -0.15) is 0 Å². The minimum Gasteiger partial charge on any atom is -0.466 e. The largest absolute Gasteiger partial charge is 0.466 e. The van der Waals surface area contributed by atoms with Gasteiger partial charge in [0.1, 0.15) is 12.2 Å². The van der Waals surface area contributed by atoms with Crippen molar-refractivity contribution in [3.05, 3.63) is 23.9 Å². The van der Waals surface area contributed by atoms with Gasteiger partial charge in [-0.3, -0.25) is 9.59 Å². The van der Waals surface area contributed by atoms with Crippen molar-refractivity contribution in [3.8, 4) is 0 Å². The summed E-state index contributed by atoms with van der Waals surface area (Å²) in [5.41, 5.74) is 0.987. The maximum Gasteiger partial charge on any atom is 0.315 e. The monoisotopic (exact) mass is 222 g/mol. The van der Waals surface area contributed by atoms with Gasteiger partial charge < -0.3 is 10.1 Å². The van der Waals surface area contributed by atoms with Crippen LogP contribution in [0.5, 0.6) is 0 Å². The van der Waals surface area contributed by atoms with E-state index in [2.05, 4.69) is 15.0 Å². The Kier molecular flexibility index (Phi) is 4.44. The van der Waals surface area contributed by atoms with E-state index in [1.807, 2.05) is 13.0 Å². The highest BCUT2D eigenvalue weighted by Gasteiger charge is 2.10. The number of ether oxygens (including phenoxy) is 1. The highest BCUT2D eigenvalue weighted by molar-refractivity contribution is 6.01. The number of aryl methyl sites for hydroxylation is 1. The number of rotatable bonds is 4. The Hall–Kier alpha value is -1.91. The summed E-state index contributed by atoms with van der Waals surface area (Å²) in [6.07, 6.45) is 1.30. The van der Waals surface area contributed by atoms with E-state index >= 15 is 0 Å². The molecule has 0 saturated heterocycles.